The van der Waals surface area contributed by atoms with Gasteiger partial charge in [0.05, 0.1) is 5.39 Å². The van der Waals surface area contributed by atoms with Gasteiger partial charge in [-0.15, -0.1) is 0 Å². The van der Waals surface area contributed by atoms with Gasteiger partial charge < -0.3 is 5.32 Å². The first kappa shape index (κ1) is 18.1. The molecule has 1 amide bonds. The molecule has 0 bridgehead atoms. The summed E-state index contributed by atoms with van der Waals surface area (Å²) in [5.74, 6) is -0.369. The molecule has 26 heavy (non-hydrogen) atoms. The highest BCUT2D eigenvalue weighted by atomic mass is 35.5. The molecule has 0 spiro atoms. The Hall–Kier alpha value is -2.66. The first-order valence-electron chi connectivity index (χ1n) is 8.58. The first-order valence-corrected chi connectivity index (χ1v) is 8.96. The van der Waals surface area contributed by atoms with E-state index in [1.807, 2.05) is 19.9 Å². The summed E-state index contributed by atoms with van der Waals surface area (Å²) in [5.41, 5.74) is 1.57. The number of aromatic nitrogens is 2. The van der Waals surface area contributed by atoms with Crippen molar-refractivity contribution < 1.29 is 4.79 Å². The molecule has 0 aliphatic heterocycles. The second-order valence-electron chi connectivity index (χ2n) is 6.19. The quantitative estimate of drug-likeness (QED) is 0.724. The second-order valence-corrected chi connectivity index (χ2v) is 6.60. The fraction of sp³-hybridized carbons (Fsp3) is 0.250. The van der Waals surface area contributed by atoms with Crippen LogP contribution in [0.5, 0.6) is 0 Å². The fourth-order valence-electron chi connectivity index (χ4n) is 2.72. The van der Waals surface area contributed by atoms with Crippen LogP contribution in [0.1, 0.15) is 35.8 Å². The lowest BCUT2D eigenvalue weighted by Gasteiger charge is -2.11. The highest BCUT2D eigenvalue weighted by molar-refractivity contribution is 6.31. The van der Waals surface area contributed by atoms with Crippen molar-refractivity contribution in [1.29, 1.82) is 0 Å². The van der Waals surface area contributed by atoms with Crippen LogP contribution in [-0.2, 0) is 6.54 Å². The number of anilines is 1. The highest BCUT2D eigenvalue weighted by Gasteiger charge is 2.17. The molecule has 1 N–H and O–H groups in total. The number of unbranched alkanes of at least 4 members (excludes halogenated alkanes) is 1. The van der Waals surface area contributed by atoms with Gasteiger partial charge in [0.2, 0.25) is 0 Å². The minimum Gasteiger partial charge on any atom is -0.321 e. The van der Waals surface area contributed by atoms with Crippen LogP contribution < -0.4 is 10.9 Å². The summed E-state index contributed by atoms with van der Waals surface area (Å²) in [6.45, 7) is 4.42. The number of benzene rings is 2. The number of aryl methyl sites for hydroxylation is 2. The molecule has 0 saturated carbocycles. The van der Waals surface area contributed by atoms with Crippen LogP contribution in [-0.4, -0.2) is 15.7 Å². The van der Waals surface area contributed by atoms with E-state index < -0.39 is 0 Å². The highest BCUT2D eigenvalue weighted by Crippen LogP contribution is 2.21. The average molecular weight is 370 g/mol. The van der Waals surface area contributed by atoms with Gasteiger partial charge in [-0.05, 0) is 37.1 Å². The Labute approximate surface area is 156 Å². The summed E-state index contributed by atoms with van der Waals surface area (Å²) in [6, 6.07) is 12.4. The maximum absolute atomic E-state index is 12.8. The lowest BCUT2D eigenvalue weighted by atomic mass is 10.1. The van der Waals surface area contributed by atoms with E-state index in [1.54, 1.807) is 36.4 Å². The third kappa shape index (κ3) is 3.63. The number of hydrogen-bond donors (Lipinski definition) is 1. The van der Waals surface area contributed by atoms with Gasteiger partial charge in [-0.2, -0.15) is 5.10 Å². The van der Waals surface area contributed by atoms with Gasteiger partial charge in [0.15, 0.2) is 5.69 Å². The van der Waals surface area contributed by atoms with Gasteiger partial charge in [0, 0.05) is 22.6 Å². The molecule has 0 atom stereocenters. The van der Waals surface area contributed by atoms with Crippen LogP contribution in [0, 0.1) is 6.92 Å². The number of halogens is 1. The molecule has 0 aliphatic carbocycles. The van der Waals surface area contributed by atoms with Crippen molar-refractivity contribution >= 4 is 34.0 Å². The fourth-order valence-corrected chi connectivity index (χ4v) is 2.90. The zero-order valence-electron chi connectivity index (χ0n) is 14.8. The number of nitrogens with one attached hydrogen (secondary N) is 1. The van der Waals surface area contributed by atoms with Crippen LogP contribution in [0.15, 0.2) is 47.3 Å². The first-order chi connectivity index (χ1) is 12.5. The maximum atomic E-state index is 12.8. The van der Waals surface area contributed by atoms with Crippen molar-refractivity contribution in [3.8, 4) is 0 Å². The standard InChI is InChI=1S/C20H20ClN3O2/c1-3-4-11-24-20(26)16-8-6-5-7-15(16)18(23-24)19(25)22-14-10-9-13(2)17(21)12-14/h5-10,12H,3-4,11H2,1-2H3,(H,22,25). The van der Waals surface area contributed by atoms with E-state index in [0.29, 0.717) is 28.0 Å². The Morgan fingerprint density at radius 2 is 1.92 bits per heavy atom. The molecule has 3 aromatic rings. The summed E-state index contributed by atoms with van der Waals surface area (Å²) in [6.07, 6.45) is 1.75. The Morgan fingerprint density at radius 1 is 1.19 bits per heavy atom. The van der Waals surface area contributed by atoms with E-state index in [2.05, 4.69) is 10.4 Å². The molecule has 1 heterocycles. The second kappa shape index (κ2) is 7.70. The Kier molecular flexibility index (Phi) is 5.38. The minimum absolute atomic E-state index is 0.177. The number of nitrogens with zero attached hydrogens (tertiary/aromatic N) is 2. The van der Waals surface area contributed by atoms with E-state index in [9.17, 15) is 9.59 Å². The predicted molar refractivity (Wildman–Crippen MR) is 105 cm³/mol. The van der Waals surface area contributed by atoms with E-state index >= 15 is 0 Å². The summed E-state index contributed by atoms with van der Waals surface area (Å²) >= 11 is 6.13. The molecule has 0 saturated heterocycles. The largest absolute Gasteiger partial charge is 0.321 e. The number of rotatable bonds is 5. The molecule has 6 heteroatoms. The Balaban J connectivity index is 2.04. The summed E-state index contributed by atoms with van der Waals surface area (Å²) < 4.78 is 1.38. The molecular weight excluding hydrogens is 350 g/mol. The SMILES string of the molecule is CCCCn1nc(C(=O)Nc2ccc(C)c(Cl)c2)c2ccccc2c1=O. The predicted octanol–water partition coefficient (Wildman–Crippen LogP) is 4.41. The van der Waals surface area contributed by atoms with E-state index in [4.69, 9.17) is 11.6 Å². The molecular formula is C20H20ClN3O2. The van der Waals surface area contributed by atoms with Crippen molar-refractivity contribution in [1.82, 2.24) is 9.78 Å². The van der Waals surface area contributed by atoms with Gasteiger partial charge in [-0.25, -0.2) is 4.68 Å². The van der Waals surface area contributed by atoms with Crippen molar-refractivity contribution in [3.63, 3.8) is 0 Å². The molecule has 0 fully saturated rings. The lowest BCUT2D eigenvalue weighted by Crippen LogP contribution is -2.27. The average Bonchev–Trinajstić information content (AvgIpc) is 2.64. The van der Waals surface area contributed by atoms with Crippen LogP contribution >= 0.6 is 11.6 Å². The van der Waals surface area contributed by atoms with Crippen molar-refractivity contribution in [2.45, 2.75) is 33.2 Å². The van der Waals surface area contributed by atoms with Crippen LogP contribution in [0.2, 0.25) is 5.02 Å². The molecule has 0 aliphatic rings. The van der Waals surface area contributed by atoms with E-state index in [1.165, 1.54) is 4.68 Å². The summed E-state index contributed by atoms with van der Waals surface area (Å²) in [7, 11) is 0. The molecule has 0 unspecified atom stereocenters. The zero-order valence-corrected chi connectivity index (χ0v) is 15.5. The lowest BCUT2D eigenvalue weighted by molar-refractivity contribution is 0.102. The molecule has 134 valence electrons. The van der Waals surface area contributed by atoms with Gasteiger partial charge >= 0.3 is 0 Å². The maximum Gasteiger partial charge on any atom is 0.276 e. The summed E-state index contributed by atoms with van der Waals surface area (Å²) in [5, 5.41) is 8.76. The zero-order chi connectivity index (χ0) is 18.7. The van der Waals surface area contributed by atoms with Crippen LogP contribution in [0.4, 0.5) is 5.69 Å². The number of carbonyl (C=O) groups excluding carboxylic acids is 1. The number of hydrogen-bond acceptors (Lipinski definition) is 3. The van der Waals surface area contributed by atoms with Gasteiger partial charge in [-0.1, -0.05) is 49.2 Å². The number of carbonyl (C=O) groups is 1. The molecule has 0 radical (unpaired) electrons. The van der Waals surface area contributed by atoms with E-state index in [-0.39, 0.29) is 17.2 Å². The molecule has 1 aromatic heterocycles. The summed E-state index contributed by atoms with van der Waals surface area (Å²) in [4.78, 5) is 25.4. The third-order valence-electron chi connectivity index (χ3n) is 4.24. The number of fused-ring (bicyclic) bond motifs is 1. The normalized spacial score (nSPS) is 10.9. The van der Waals surface area contributed by atoms with Gasteiger partial charge in [0.1, 0.15) is 0 Å². The van der Waals surface area contributed by atoms with Gasteiger partial charge in [-0.3, -0.25) is 9.59 Å². The Morgan fingerprint density at radius 3 is 2.62 bits per heavy atom. The third-order valence-corrected chi connectivity index (χ3v) is 4.64. The monoisotopic (exact) mass is 369 g/mol. The van der Waals surface area contributed by atoms with Crippen molar-refractivity contribution in [3.05, 3.63) is 69.1 Å². The van der Waals surface area contributed by atoms with Crippen molar-refractivity contribution in [2.24, 2.45) is 0 Å². The molecule has 3 rings (SSSR count). The van der Waals surface area contributed by atoms with Gasteiger partial charge in [0.25, 0.3) is 11.5 Å². The van der Waals surface area contributed by atoms with E-state index in [0.717, 1.165) is 18.4 Å². The Bertz CT molecular complexity index is 1030. The van der Waals surface area contributed by atoms with Crippen LogP contribution in [0.3, 0.4) is 0 Å². The van der Waals surface area contributed by atoms with Crippen LogP contribution in [0.25, 0.3) is 10.8 Å². The topological polar surface area (TPSA) is 64.0 Å². The number of amides is 1. The molecule has 2 aromatic carbocycles. The van der Waals surface area contributed by atoms with Crippen molar-refractivity contribution in [2.75, 3.05) is 5.32 Å². The smallest absolute Gasteiger partial charge is 0.276 e. The minimum atomic E-state index is -0.369. The molecule has 5 nitrogen and oxygen atoms in total.